The first-order valence-electron chi connectivity index (χ1n) is 15.5. The maximum atomic E-state index is 14.5. The van der Waals surface area contributed by atoms with Gasteiger partial charge in [0.25, 0.3) is 0 Å². The molecule has 2 saturated heterocycles. The van der Waals surface area contributed by atoms with Crippen molar-refractivity contribution in [2.45, 2.75) is 78.5 Å². The second kappa shape index (κ2) is 13.4. The number of carbonyl (C=O) groups excluding carboxylic acids is 2. The van der Waals surface area contributed by atoms with E-state index in [4.69, 9.17) is 31.5 Å². The summed E-state index contributed by atoms with van der Waals surface area (Å²) in [7, 11) is 0. The summed E-state index contributed by atoms with van der Waals surface area (Å²) < 4.78 is 61.1. The van der Waals surface area contributed by atoms with Gasteiger partial charge in [0, 0.05) is 49.4 Å². The normalized spacial score (nSPS) is 19.2. The van der Waals surface area contributed by atoms with E-state index in [9.17, 15) is 22.8 Å². The molecule has 0 bridgehead atoms. The maximum absolute atomic E-state index is 14.5. The van der Waals surface area contributed by atoms with E-state index in [1.54, 1.807) is 33.8 Å². The molecule has 3 atom stereocenters. The number of nitrogens with zero attached hydrogens (tertiary/aromatic N) is 5. The second-order valence-corrected chi connectivity index (χ2v) is 13.8. The van der Waals surface area contributed by atoms with E-state index < -0.39 is 42.0 Å². The van der Waals surface area contributed by atoms with E-state index in [0.717, 1.165) is 0 Å². The summed E-state index contributed by atoms with van der Waals surface area (Å²) in [6.07, 6.45) is -4.88. The molecule has 3 N–H and O–H groups in total. The molecule has 1 aromatic carbocycles. The lowest BCUT2D eigenvalue weighted by Gasteiger charge is -2.39. The van der Waals surface area contributed by atoms with Crippen LogP contribution in [0, 0.1) is 17.8 Å². The van der Waals surface area contributed by atoms with Crippen molar-refractivity contribution in [3.05, 3.63) is 52.8 Å². The molecule has 0 saturated carbocycles. The highest BCUT2D eigenvalue weighted by Gasteiger charge is 2.46. The van der Waals surface area contributed by atoms with Crippen molar-refractivity contribution in [1.82, 2.24) is 25.1 Å². The molecule has 0 amide bonds. The van der Waals surface area contributed by atoms with E-state index >= 15 is 0 Å². The predicted molar refractivity (Wildman–Crippen MR) is 171 cm³/mol. The molecule has 0 radical (unpaired) electrons. The molecular formula is C32H39ClF3N7O5. The first-order valence-corrected chi connectivity index (χ1v) is 15.9. The first kappa shape index (κ1) is 35.2. The minimum Gasteiger partial charge on any atom is -0.459 e. The Morgan fingerprint density at radius 1 is 1.10 bits per heavy atom. The van der Waals surface area contributed by atoms with Gasteiger partial charge in [-0.1, -0.05) is 17.7 Å². The van der Waals surface area contributed by atoms with Gasteiger partial charge < -0.3 is 30.2 Å². The molecule has 5 rings (SSSR count). The van der Waals surface area contributed by atoms with Gasteiger partial charge in [0.1, 0.15) is 11.9 Å². The Balaban J connectivity index is 1.26. The van der Waals surface area contributed by atoms with E-state index in [2.05, 4.69) is 20.4 Å². The Morgan fingerprint density at radius 2 is 1.81 bits per heavy atom. The summed E-state index contributed by atoms with van der Waals surface area (Å²) in [6, 6.07) is 6.43. The van der Waals surface area contributed by atoms with E-state index in [1.165, 1.54) is 42.1 Å². The third-order valence-electron chi connectivity index (χ3n) is 8.45. The Morgan fingerprint density at radius 3 is 2.44 bits per heavy atom. The average molecular weight is 694 g/mol. The number of esters is 2. The summed E-state index contributed by atoms with van der Waals surface area (Å²) in [5.74, 6) is -1.24. The number of aryl methyl sites for hydroxylation is 1. The molecule has 4 heterocycles. The van der Waals surface area contributed by atoms with E-state index in [0.29, 0.717) is 50.4 Å². The maximum Gasteiger partial charge on any atom is 0.429 e. The lowest BCUT2D eigenvalue weighted by molar-refractivity contribution is -0.198. The first-order chi connectivity index (χ1) is 22.4. The smallest absolute Gasteiger partial charge is 0.429 e. The molecule has 2 aliphatic heterocycles. The topological polar surface area (TPSA) is 147 Å². The van der Waals surface area contributed by atoms with Crippen LogP contribution in [0.3, 0.4) is 0 Å². The molecule has 1 unspecified atom stereocenters. The number of anilines is 2. The number of aromatic nitrogens is 4. The number of ether oxygens (including phenoxy) is 3. The fourth-order valence-corrected chi connectivity index (χ4v) is 6.00. The van der Waals surface area contributed by atoms with Gasteiger partial charge in [-0.05, 0) is 70.6 Å². The molecule has 48 heavy (non-hydrogen) atoms. The van der Waals surface area contributed by atoms with Crippen molar-refractivity contribution in [3.8, 4) is 11.6 Å². The van der Waals surface area contributed by atoms with Gasteiger partial charge in [-0.2, -0.15) is 28.2 Å². The van der Waals surface area contributed by atoms with Crippen molar-refractivity contribution >= 4 is 35.3 Å². The molecular weight excluding hydrogens is 655 g/mol. The van der Waals surface area contributed by atoms with Gasteiger partial charge >= 0.3 is 18.1 Å². The lowest BCUT2D eigenvalue weighted by atomic mass is 9.76. The largest absolute Gasteiger partial charge is 0.459 e. The van der Waals surface area contributed by atoms with Crippen LogP contribution >= 0.6 is 11.6 Å². The van der Waals surface area contributed by atoms with Crippen LogP contribution in [-0.4, -0.2) is 69.8 Å². The summed E-state index contributed by atoms with van der Waals surface area (Å²) >= 11 is 6.15. The highest BCUT2D eigenvalue weighted by molar-refractivity contribution is 6.30. The number of hydrogen-bond donors (Lipinski definition) is 2. The van der Waals surface area contributed by atoms with Gasteiger partial charge in [-0.15, -0.1) is 0 Å². The molecule has 12 nitrogen and oxygen atoms in total. The zero-order valence-corrected chi connectivity index (χ0v) is 28.1. The quantitative estimate of drug-likeness (QED) is 0.234. The number of halogens is 4. The molecule has 2 fully saturated rings. The van der Waals surface area contributed by atoms with Gasteiger partial charge in [0.15, 0.2) is 0 Å². The molecule has 1 spiro atoms. The van der Waals surface area contributed by atoms with Crippen molar-refractivity contribution in [2.24, 2.45) is 10.8 Å². The molecule has 16 heteroatoms. The summed E-state index contributed by atoms with van der Waals surface area (Å²) in [4.78, 5) is 35.1. The predicted octanol–water partition coefficient (Wildman–Crippen LogP) is 5.32. The number of alkyl halides is 3. The van der Waals surface area contributed by atoms with Crippen LogP contribution in [0.15, 0.2) is 36.5 Å². The Labute approximate surface area is 281 Å². The molecule has 0 aliphatic carbocycles. The van der Waals surface area contributed by atoms with Crippen LogP contribution in [0.25, 0.3) is 5.69 Å². The van der Waals surface area contributed by atoms with Crippen LogP contribution in [-0.2, 0) is 19.1 Å². The number of nitrogens with two attached hydrogens (primary N) is 1. The number of rotatable bonds is 8. The highest BCUT2D eigenvalue weighted by atomic mass is 35.5. The summed E-state index contributed by atoms with van der Waals surface area (Å²) in [5.41, 5.74) is 5.53. The van der Waals surface area contributed by atoms with Crippen LogP contribution in [0.2, 0.25) is 5.02 Å². The summed E-state index contributed by atoms with van der Waals surface area (Å²) in [6.45, 7) is 9.93. The Bertz CT molecular complexity index is 1650. The molecule has 260 valence electrons. The van der Waals surface area contributed by atoms with E-state index in [1.807, 2.05) is 4.90 Å². The van der Waals surface area contributed by atoms with Crippen molar-refractivity contribution in [2.75, 3.05) is 30.3 Å². The monoisotopic (exact) mass is 693 g/mol. The Kier molecular flexibility index (Phi) is 9.84. The standard InChI is InChI=1S/C32H39ClF3N7O5/c1-18-8-11-43(41-18)23-14-20(33)6-7-21(23)26(32(34,35)36)48-25-15-24(39-29(37)40-25)42-12-9-31(10-13-42)16-22(38-17-31)27(44)46-19(2)47-28(45)30(3,4)5/h6-8,11,14-15,19,22,26,38H,9-10,12-13,16-17H2,1-5H3,(H2,37,39,40)/t19?,22-,26+/m0/s1. The highest BCUT2D eigenvalue weighted by Crippen LogP contribution is 2.42. The third kappa shape index (κ3) is 8.12. The summed E-state index contributed by atoms with van der Waals surface area (Å²) in [5, 5.41) is 7.72. The number of nitrogens with one attached hydrogen (secondary N) is 1. The average Bonchev–Trinajstić information content (AvgIpc) is 3.61. The third-order valence-corrected chi connectivity index (χ3v) is 8.68. The van der Waals surface area contributed by atoms with Crippen LogP contribution in [0.1, 0.15) is 64.3 Å². The van der Waals surface area contributed by atoms with Crippen molar-refractivity contribution in [1.29, 1.82) is 0 Å². The molecule has 2 aliphatic rings. The number of hydrogen-bond acceptors (Lipinski definition) is 11. The van der Waals surface area contributed by atoms with Gasteiger partial charge in [0.05, 0.1) is 16.8 Å². The fourth-order valence-electron chi connectivity index (χ4n) is 5.84. The minimum absolute atomic E-state index is 0.106. The Hall–Kier alpha value is -4.11. The molecule has 2 aromatic heterocycles. The molecule has 3 aromatic rings. The van der Waals surface area contributed by atoms with Crippen LogP contribution < -0.4 is 20.7 Å². The van der Waals surface area contributed by atoms with Crippen molar-refractivity contribution < 1.29 is 37.0 Å². The lowest BCUT2D eigenvalue weighted by Crippen LogP contribution is -2.41. The number of nitrogen functional groups attached to an aromatic ring is 1. The number of benzene rings is 1. The van der Waals surface area contributed by atoms with Crippen LogP contribution in [0.4, 0.5) is 24.9 Å². The van der Waals surface area contributed by atoms with Crippen LogP contribution in [0.5, 0.6) is 5.88 Å². The minimum atomic E-state index is -4.83. The second-order valence-electron chi connectivity index (χ2n) is 13.4. The van der Waals surface area contributed by atoms with Gasteiger partial charge in [0.2, 0.25) is 24.2 Å². The van der Waals surface area contributed by atoms with E-state index in [-0.39, 0.29) is 33.5 Å². The van der Waals surface area contributed by atoms with Crippen molar-refractivity contribution in [3.63, 3.8) is 0 Å². The van der Waals surface area contributed by atoms with Gasteiger partial charge in [-0.3, -0.25) is 9.59 Å². The van der Waals surface area contributed by atoms with Gasteiger partial charge in [-0.25, -0.2) is 4.68 Å². The SMILES string of the molecule is Cc1ccn(-c2cc(Cl)ccc2[C@@H](Oc2cc(N3CCC4(CC3)CN[C@H](C(=O)OC(C)OC(=O)C(C)(C)C)C4)nc(N)n2)C(F)(F)F)n1. The zero-order valence-electron chi connectivity index (χ0n) is 27.3. The number of piperidine rings is 1. The zero-order chi connectivity index (χ0) is 35.0. The number of carbonyl (C=O) groups is 2. The fraction of sp³-hybridized carbons (Fsp3) is 0.531.